The van der Waals surface area contributed by atoms with Crippen molar-refractivity contribution in [3.05, 3.63) is 83.2 Å². The van der Waals surface area contributed by atoms with Crippen LogP contribution >= 0.6 is 0 Å². The molecule has 1 aromatic heterocycles. The zero-order chi connectivity index (χ0) is 24.4. The van der Waals surface area contributed by atoms with Crippen LogP contribution in [0.3, 0.4) is 0 Å². The number of carbonyl (C=O) groups is 1. The summed E-state index contributed by atoms with van der Waals surface area (Å²) in [6.07, 6.45) is -7.77. The largest absolute Gasteiger partial charge is 0.573 e. The maximum absolute atomic E-state index is 14.6. The van der Waals surface area contributed by atoms with Crippen molar-refractivity contribution in [2.45, 2.75) is 12.5 Å². The van der Waals surface area contributed by atoms with Crippen LogP contribution in [-0.4, -0.2) is 22.2 Å². The topological polar surface area (TPSA) is 73.1 Å². The molecule has 1 N–H and O–H groups in total. The molecule has 1 heterocycles. The Balaban J connectivity index is 2.03. The number of carbonyl (C=O) groups excluding carboxylic acids is 1. The zero-order valence-electron chi connectivity index (χ0n) is 16.0. The average molecular weight is 476 g/mol. The molecule has 33 heavy (non-hydrogen) atoms. The van der Waals surface area contributed by atoms with E-state index in [4.69, 9.17) is 4.74 Å². The number of ether oxygens (including phenoxy) is 2. The molecule has 0 atom stereocenters. The smallest absolute Gasteiger partial charge is 0.456 e. The van der Waals surface area contributed by atoms with Gasteiger partial charge in [-0.2, -0.15) is 13.2 Å². The van der Waals surface area contributed by atoms with Crippen molar-refractivity contribution in [3.63, 3.8) is 0 Å². The number of halogens is 7. The molecule has 13 heteroatoms. The van der Waals surface area contributed by atoms with E-state index in [0.717, 1.165) is 36.7 Å². The van der Waals surface area contributed by atoms with Crippen LogP contribution in [0.5, 0.6) is 17.2 Å². The molecule has 0 unspecified atom stereocenters. The second kappa shape index (κ2) is 8.84. The lowest BCUT2D eigenvalue weighted by Gasteiger charge is -2.14. The summed E-state index contributed by atoms with van der Waals surface area (Å²) in [5.41, 5.74) is -2.41. The average Bonchev–Trinajstić information content (AvgIpc) is 2.69. The van der Waals surface area contributed by atoms with Gasteiger partial charge in [0, 0.05) is 12.4 Å². The van der Waals surface area contributed by atoms with E-state index in [-0.39, 0.29) is 17.2 Å². The Morgan fingerprint density at radius 3 is 2.03 bits per heavy atom. The molecule has 0 radical (unpaired) electrons. The van der Waals surface area contributed by atoms with E-state index in [1.165, 1.54) is 12.1 Å². The zero-order valence-corrected chi connectivity index (χ0v) is 16.0. The standard InChI is InChI=1S/C20H11F7N2O4/c21-15-9-11(19(22,23)24)10-16(17(15)18(30)28-12-5-7-29(31)8-6-12)32-13-1-3-14(4-2-13)33-20(25,26)27/h1-10,31H. The fourth-order valence-electron chi connectivity index (χ4n) is 2.53. The lowest BCUT2D eigenvalue weighted by molar-refractivity contribution is -0.274. The molecule has 6 nitrogen and oxygen atoms in total. The Hall–Kier alpha value is -4.03. The van der Waals surface area contributed by atoms with Gasteiger partial charge < -0.3 is 14.7 Å². The van der Waals surface area contributed by atoms with Crippen LogP contribution in [-0.2, 0) is 6.18 Å². The summed E-state index contributed by atoms with van der Waals surface area (Å²) in [6.45, 7) is 0. The predicted molar refractivity (Wildman–Crippen MR) is 96.1 cm³/mol. The predicted octanol–water partition coefficient (Wildman–Crippen LogP) is 5.32. The number of alkyl halides is 6. The van der Waals surface area contributed by atoms with E-state index < -0.39 is 46.9 Å². The first kappa shape index (κ1) is 23.6. The Labute approximate surface area is 179 Å². The van der Waals surface area contributed by atoms with Crippen LogP contribution in [0.4, 0.5) is 30.7 Å². The highest BCUT2D eigenvalue weighted by atomic mass is 19.4. The van der Waals surface area contributed by atoms with Crippen LogP contribution < -0.4 is 14.8 Å². The van der Waals surface area contributed by atoms with Crippen LogP contribution in [0.2, 0.25) is 0 Å². The molecular formula is C20H11F7N2O4. The van der Waals surface area contributed by atoms with Crippen molar-refractivity contribution in [2.75, 3.05) is 0 Å². The van der Waals surface area contributed by atoms with Gasteiger partial charge >= 0.3 is 12.5 Å². The molecule has 1 amide bonds. The number of benzene rings is 2. The van der Waals surface area contributed by atoms with Gasteiger partial charge in [-0.15, -0.1) is 13.2 Å². The van der Waals surface area contributed by atoms with Gasteiger partial charge in [0.1, 0.15) is 28.6 Å². The van der Waals surface area contributed by atoms with Gasteiger partial charge in [0.05, 0.1) is 10.9 Å². The first-order chi connectivity index (χ1) is 15.3. The van der Waals surface area contributed by atoms with Gasteiger partial charge in [0.2, 0.25) is 0 Å². The third kappa shape index (κ3) is 6.24. The van der Waals surface area contributed by atoms with Crippen LogP contribution in [0.1, 0.15) is 15.9 Å². The fraction of sp³-hybridized carbons (Fsp3) is 0.100. The third-order valence-corrected chi connectivity index (χ3v) is 3.91. The second-order valence-electron chi connectivity index (χ2n) is 6.30. The number of amides is 1. The van der Waals surface area contributed by atoms with E-state index in [1.54, 1.807) is 0 Å². The van der Waals surface area contributed by atoms with E-state index in [2.05, 4.69) is 9.73 Å². The Morgan fingerprint density at radius 1 is 0.909 bits per heavy atom. The maximum Gasteiger partial charge on any atom is 0.573 e. The van der Waals surface area contributed by atoms with Crippen molar-refractivity contribution in [2.24, 2.45) is 4.99 Å². The van der Waals surface area contributed by atoms with E-state index >= 15 is 0 Å². The first-order valence-corrected chi connectivity index (χ1v) is 8.73. The summed E-state index contributed by atoms with van der Waals surface area (Å²) in [7, 11) is 0. The number of hydrogen-bond donors (Lipinski definition) is 1. The molecule has 174 valence electrons. The van der Waals surface area contributed by atoms with Gasteiger partial charge in [-0.25, -0.2) is 14.1 Å². The Kier molecular flexibility index (Phi) is 6.33. The van der Waals surface area contributed by atoms with Crippen LogP contribution in [0.15, 0.2) is 65.9 Å². The quantitative estimate of drug-likeness (QED) is 0.409. The van der Waals surface area contributed by atoms with Crippen LogP contribution in [0, 0.1) is 5.82 Å². The molecule has 0 bridgehead atoms. The lowest BCUT2D eigenvalue weighted by Crippen LogP contribution is -2.16. The molecule has 0 fully saturated rings. The summed E-state index contributed by atoms with van der Waals surface area (Å²) in [4.78, 5) is 16.1. The van der Waals surface area contributed by atoms with Crippen molar-refractivity contribution in [1.82, 2.24) is 4.73 Å². The SMILES string of the molecule is O=C(N=c1ccn(O)cc1)c1c(F)cc(C(F)(F)F)cc1Oc1ccc(OC(F)(F)F)cc1. The highest BCUT2D eigenvalue weighted by molar-refractivity contribution is 5.98. The van der Waals surface area contributed by atoms with Crippen molar-refractivity contribution >= 4 is 5.91 Å². The van der Waals surface area contributed by atoms with Gasteiger partial charge in [-0.1, -0.05) is 0 Å². The highest BCUT2D eigenvalue weighted by Crippen LogP contribution is 2.37. The molecule has 0 aliphatic carbocycles. The van der Waals surface area contributed by atoms with Crippen molar-refractivity contribution < 1.29 is 50.2 Å². The van der Waals surface area contributed by atoms with Crippen molar-refractivity contribution in [3.8, 4) is 17.2 Å². The molecule has 2 aromatic carbocycles. The molecular weight excluding hydrogens is 465 g/mol. The third-order valence-electron chi connectivity index (χ3n) is 3.91. The Bertz CT molecular complexity index is 1210. The van der Waals surface area contributed by atoms with Crippen LogP contribution in [0.25, 0.3) is 0 Å². The fourth-order valence-corrected chi connectivity index (χ4v) is 2.53. The monoisotopic (exact) mass is 476 g/mol. The molecule has 0 saturated carbocycles. The molecule has 0 spiro atoms. The van der Waals surface area contributed by atoms with Gasteiger partial charge in [-0.05, 0) is 48.5 Å². The maximum atomic E-state index is 14.6. The van der Waals surface area contributed by atoms with E-state index in [1.807, 2.05) is 0 Å². The van der Waals surface area contributed by atoms with E-state index in [9.17, 15) is 40.7 Å². The van der Waals surface area contributed by atoms with Gasteiger partial charge in [0.25, 0.3) is 5.91 Å². The minimum atomic E-state index is -4.99. The Morgan fingerprint density at radius 2 is 1.48 bits per heavy atom. The number of rotatable bonds is 4. The second-order valence-corrected chi connectivity index (χ2v) is 6.30. The molecule has 0 aliphatic rings. The minimum absolute atomic E-state index is 0.0517. The first-order valence-electron chi connectivity index (χ1n) is 8.73. The van der Waals surface area contributed by atoms with Gasteiger partial charge in [-0.3, -0.25) is 4.79 Å². The van der Waals surface area contributed by atoms with E-state index in [0.29, 0.717) is 10.8 Å². The lowest BCUT2D eigenvalue weighted by atomic mass is 10.1. The molecule has 3 rings (SSSR count). The molecule has 0 saturated heterocycles. The molecule has 3 aromatic rings. The number of pyridine rings is 1. The number of hydrogen-bond acceptors (Lipinski definition) is 4. The number of nitrogens with zero attached hydrogens (tertiary/aromatic N) is 2. The minimum Gasteiger partial charge on any atom is -0.456 e. The summed E-state index contributed by atoms with van der Waals surface area (Å²) in [5.74, 6) is -4.70. The highest BCUT2D eigenvalue weighted by Gasteiger charge is 2.34. The summed E-state index contributed by atoms with van der Waals surface area (Å²) >= 11 is 0. The molecule has 0 aliphatic heterocycles. The summed E-state index contributed by atoms with van der Waals surface area (Å²) in [5, 5.41) is 9.13. The van der Waals surface area contributed by atoms with Crippen molar-refractivity contribution in [1.29, 1.82) is 0 Å². The summed E-state index contributed by atoms with van der Waals surface area (Å²) < 4.78 is 100. The summed E-state index contributed by atoms with van der Waals surface area (Å²) in [6, 6.07) is 6.24. The normalized spacial score (nSPS) is 11.7. The number of aromatic nitrogens is 1. The van der Waals surface area contributed by atoms with Gasteiger partial charge in [0.15, 0.2) is 0 Å².